The van der Waals surface area contributed by atoms with Crippen LogP contribution in [0.15, 0.2) is 29.1 Å². The number of hydrogen-bond donors (Lipinski definition) is 3. The van der Waals surface area contributed by atoms with Crippen molar-refractivity contribution in [1.29, 1.82) is 0 Å². The summed E-state index contributed by atoms with van der Waals surface area (Å²) in [5.74, 6) is -0.544. The van der Waals surface area contributed by atoms with E-state index in [1.165, 1.54) is 15.0 Å². The number of rotatable bonds is 6. The Hall–Kier alpha value is -2.75. The van der Waals surface area contributed by atoms with Crippen LogP contribution in [-0.4, -0.2) is 15.5 Å². The van der Waals surface area contributed by atoms with Crippen LogP contribution in [0.25, 0.3) is 0 Å². The van der Waals surface area contributed by atoms with Crippen LogP contribution < -0.4 is 21.5 Å². The van der Waals surface area contributed by atoms with Crippen molar-refractivity contribution in [2.45, 2.75) is 52.0 Å². The molecule has 1 amide bonds. The molecule has 33 heavy (non-hydrogen) atoms. The third-order valence-corrected chi connectivity index (χ3v) is 7.61. The molecule has 1 aromatic carbocycles. The molecule has 0 aliphatic carbocycles. The molecular formula is C23H23ClFN5O2S. The summed E-state index contributed by atoms with van der Waals surface area (Å²) in [6.45, 7) is 3.92. The lowest BCUT2D eigenvalue weighted by Crippen LogP contribution is -2.36. The molecule has 0 bridgehead atoms. The van der Waals surface area contributed by atoms with Crippen LogP contribution in [0.1, 0.15) is 44.6 Å². The number of thiophene rings is 1. The van der Waals surface area contributed by atoms with Crippen LogP contribution in [-0.2, 0) is 37.4 Å². The normalized spacial score (nSPS) is 16.5. The summed E-state index contributed by atoms with van der Waals surface area (Å²) < 4.78 is 15.8. The summed E-state index contributed by atoms with van der Waals surface area (Å²) in [5, 5.41) is 9.35. The molecule has 3 aromatic rings. The number of fused-ring (bicyclic) bond motifs is 2. The van der Waals surface area contributed by atoms with E-state index in [9.17, 15) is 14.0 Å². The fourth-order valence-corrected chi connectivity index (χ4v) is 5.78. The lowest BCUT2D eigenvalue weighted by atomic mass is 10.1. The zero-order chi connectivity index (χ0) is 23.1. The van der Waals surface area contributed by atoms with Gasteiger partial charge in [-0.25, -0.2) is 9.37 Å². The Bertz CT molecular complexity index is 1280. The molecular weight excluding hydrogens is 465 g/mol. The van der Waals surface area contributed by atoms with Gasteiger partial charge in [-0.3, -0.25) is 14.2 Å². The van der Waals surface area contributed by atoms with Gasteiger partial charge in [0.2, 0.25) is 5.91 Å². The SMILES string of the molecule is Cc1cccc(CNc2nc(Cl)c3n(c2=O)[C@H](C(=O)NCc2cc4c(s2)CNC4)CC3)c1F. The first-order valence-corrected chi connectivity index (χ1v) is 12.0. The number of anilines is 1. The van der Waals surface area contributed by atoms with Gasteiger partial charge in [-0.2, -0.15) is 0 Å². The van der Waals surface area contributed by atoms with Crippen molar-refractivity contribution >= 4 is 34.7 Å². The van der Waals surface area contributed by atoms with Crippen LogP contribution >= 0.6 is 22.9 Å². The van der Waals surface area contributed by atoms with Gasteiger partial charge in [0.05, 0.1) is 12.2 Å². The van der Waals surface area contributed by atoms with Gasteiger partial charge in [-0.15, -0.1) is 11.3 Å². The lowest BCUT2D eigenvalue weighted by Gasteiger charge is -2.16. The van der Waals surface area contributed by atoms with Crippen LogP contribution in [0.4, 0.5) is 10.2 Å². The molecule has 0 unspecified atom stereocenters. The van der Waals surface area contributed by atoms with Crippen molar-refractivity contribution in [1.82, 2.24) is 20.2 Å². The maximum atomic E-state index is 14.3. The quantitative estimate of drug-likeness (QED) is 0.496. The van der Waals surface area contributed by atoms with Gasteiger partial charge in [0.1, 0.15) is 11.9 Å². The molecule has 172 valence electrons. The highest BCUT2D eigenvalue weighted by Crippen LogP contribution is 2.30. The number of aromatic nitrogens is 2. The Morgan fingerprint density at radius 3 is 3.03 bits per heavy atom. The summed E-state index contributed by atoms with van der Waals surface area (Å²) in [5.41, 5.74) is 2.35. The number of hydrogen-bond acceptors (Lipinski definition) is 6. The van der Waals surface area contributed by atoms with E-state index in [1.807, 2.05) is 0 Å². The van der Waals surface area contributed by atoms with Gasteiger partial charge in [0.25, 0.3) is 5.56 Å². The second kappa shape index (κ2) is 8.89. The van der Waals surface area contributed by atoms with Crippen LogP contribution in [0.5, 0.6) is 0 Å². The second-order valence-electron chi connectivity index (χ2n) is 8.31. The zero-order valence-electron chi connectivity index (χ0n) is 18.0. The highest BCUT2D eigenvalue weighted by atomic mass is 35.5. The Labute approximate surface area is 199 Å². The van der Waals surface area contributed by atoms with Gasteiger partial charge >= 0.3 is 0 Å². The first kappa shape index (κ1) is 22.1. The molecule has 0 fully saturated rings. The van der Waals surface area contributed by atoms with Crippen LogP contribution in [0.2, 0.25) is 5.15 Å². The Balaban J connectivity index is 1.33. The molecule has 2 aliphatic heterocycles. The number of nitrogens with one attached hydrogen (secondary N) is 3. The number of aryl methyl sites for hydroxylation is 1. The van der Waals surface area contributed by atoms with Crippen molar-refractivity contribution in [3.05, 3.63) is 77.7 Å². The van der Waals surface area contributed by atoms with Gasteiger partial charge < -0.3 is 16.0 Å². The molecule has 2 aromatic heterocycles. The van der Waals surface area contributed by atoms with Gasteiger partial charge in [-0.05, 0) is 37.0 Å². The Morgan fingerprint density at radius 1 is 1.36 bits per heavy atom. The van der Waals surface area contributed by atoms with Crippen LogP contribution in [0, 0.1) is 12.7 Å². The van der Waals surface area contributed by atoms with Crippen molar-refractivity contribution in [3.8, 4) is 0 Å². The van der Waals surface area contributed by atoms with E-state index in [1.54, 1.807) is 36.5 Å². The minimum absolute atomic E-state index is 0.00605. The first-order valence-electron chi connectivity index (χ1n) is 10.8. The van der Waals surface area contributed by atoms with E-state index in [0.717, 1.165) is 18.0 Å². The third kappa shape index (κ3) is 4.16. The minimum atomic E-state index is -0.655. The summed E-state index contributed by atoms with van der Waals surface area (Å²) in [6, 6.07) is 6.54. The number of carbonyl (C=O) groups is 1. The monoisotopic (exact) mass is 487 g/mol. The van der Waals surface area contributed by atoms with Crippen LogP contribution in [0.3, 0.4) is 0 Å². The molecule has 5 rings (SSSR count). The second-order valence-corrected chi connectivity index (χ2v) is 9.89. The van der Waals surface area contributed by atoms with Crippen molar-refractivity contribution in [2.24, 2.45) is 0 Å². The van der Waals surface area contributed by atoms with Gasteiger partial charge in [-0.1, -0.05) is 29.8 Å². The predicted octanol–water partition coefficient (Wildman–Crippen LogP) is 3.42. The van der Waals surface area contributed by atoms with E-state index in [0.29, 0.717) is 36.2 Å². The number of amides is 1. The number of carbonyl (C=O) groups excluding carboxylic acids is 1. The molecule has 0 spiro atoms. The number of nitrogens with zero attached hydrogens (tertiary/aromatic N) is 2. The van der Waals surface area contributed by atoms with Crippen molar-refractivity contribution in [3.63, 3.8) is 0 Å². The standard InChI is InChI=1S/C23H23ClFN5O2S/c1-12-3-2-4-13(19(12)25)9-27-21-23(32)30-16(20(24)29-21)5-6-17(30)22(31)28-10-15-7-14-8-26-11-18(14)33-15/h2-4,7,17,26H,5-6,8-11H2,1H3,(H,27,29)(H,28,31)/t17-/m0/s1. The maximum absolute atomic E-state index is 14.3. The summed E-state index contributed by atoms with van der Waals surface area (Å²) in [6.07, 6.45) is 0.966. The molecule has 1 atom stereocenters. The van der Waals surface area contributed by atoms with Gasteiger partial charge in [0, 0.05) is 35.0 Å². The topological polar surface area (TPSA) is 88.0 Å². The van der Waals surface area contributed by atoms with Crippen molar-refractivity contribution in [2.75, 3.05) is 5.32 Å². The Kier molecular flexibility index (Phi) is 5.94. The number of halogens is 2. The smallest absolute Gasteiger partial charge is 0.294 e. The fourth-order valence-electron chi connectivity index (χ4n) is 4.41. The molecule has 3 N–H and O–H groups in total. The highest BCUT2D eigenvalue weighted by Gasteiger charge is 2.32. The maximum Gasteiger partial charge on any atom is 0.294 e. The van der Waals surface area contributed by atoms with E-state index in [2.05, 4.69) is 27.0 Å². The molecule has 7 nitrogen and oxygen atoms in total. The Morgan fingerprint density at radius 2 is 2.21 bits per heavy atom. The molecule has 0 saturated carbocycles. The summed E-state index contributed by atoms with van der Waals surface area (Å²) in [4.78, 5) is 32.7. The summed E-state index contributed by atoms with van der Waals surface area (Å²) in [7, 11) is 0. The third-order valence-electron chi connectivity index (χ3n) is 6.13. The molecule has 2 aliphatic rings. The zero-order valence-corrected chi connectivity index (χ0v) is 19.6. The summed E-state index contributed by atoms with van der Waals surface area (Å²) >= 11 is 8.04. The molecule has 4 heterocycles. The predicted molar refractivity (Wildman–Crippen MR) is 126 cm³/mol. The average molecular weight is 488 g/mol. The molecule has 0 radical (unpaired) electrons. The van der Waals surface area contributed by atoms with E-state index < -0.39 is 11.6 Å². The molecule has 0 saturated heterocycles. The fraction of sp³-hybridized carbons (Fsp3) is 0.348. The van der Waals surface area contributed by atoms with E-state index >= 15 is 0 Å². The van der Waals surface area contributed by atoms with E-state index in [-0.39, 0.29) is 29.2 Å². The van der Waals surface area contributed by atoms with E-state index in [4.69, 9.17) is 11.6 Å². The van der Waals surface area contributed by atoms with Crippen molar-refractivity contribution < 1.29 is 9.18 Å². The minimum Gasteiger partial charge on any atom is -0.361 e. The molecule has 10 heteroatoms. The highest BCUT2D eigenvalue weighted by molar-refractivity contribution is 7.12. The first-order chi connectivity index (χ1) is 15.9. The lowest BCUT2D eigenvalue weighted by molar-refractivity contribution is -0.124. The van der Waals surface area contributed by atoms with Gasteiger partial charge in [0.15, 0.2) is 11.0 Å². The number of benzene rings is 1. The average Bonchev–Trinajstić information content (AvgIpc) is 3.51. The largest absolute Gasteiger partial charge is 0.361 e.